The predicted molar refractivity (Wildman–Crippen MR) is 166 cm³/mol. The van der Waals surface area contributed by atoms with E-state index in [0.717, 1.165) is 27.6 Å². The van der Waals surface area contributed by atoms with Crippen LogP contribution in [0.3, 0.4) is 0 Å². The van der Waals surface area contributed by atoms with Gasteiger partial charge >= 0.3 is 5.97 Å². The highest BCUT2D eigenvalue weighted by atomic mass is 16.4. The van der Waals surface area contributed by atoms with E-state index in [9.17, 15) is 24.3 Å². The van der Waals surface area contributed by atoms with Gasteiger partial charge < -0.3 is 32.5 Å². The minimum absolute atomic E-state index is 0.0762. The van der Waals surface area contributed by atoms with Crippen molar-refractivity contribution in [3.05, 3.63) is 66.2 Å². The van der Waals surface area contributed by atoms with Crippen LogP contribution < -0.4 is 27.4 Å². The van der Waals surface area contributed by atoms with Crippen LogP contribution in [0.4, 0.5) is 5.69 Å². The predicted octanol–water partition coefficient (Wildman–Crippen LogP) is 1.79. The molecule has 0 aliphatic rings. The standard InChI is InChI=1S/C31H37N7O5/c1-19(39)36-25(9-6-16-34-31(32)33)30(43)35-18-28(40)37-26(17-29(41)42)21-12-10-20(11-13-21)22-14-15-27(38(2)3)24-8-5-4-7-23(22)24/h4-5,7-8,10-15,25-26H,2,6,9,16-18H2,1,3H3,(H7-,32,33,34,35,36,37,39,40,41,42,43)/p+1/t25-,26-/m0/s1. The van der Waals surface area contributed by atoms with E-state index >= 15 is 0 Å². The first-order valence-corrected chi connectivity index (χ1v) is 13.7. The molecule has 2 atom stereocenters. The SMILES string of the molecule is C=[N+](C)c1ccc(-c2ccc([C@H](CC(=O)O)NC(=O)CNC(=O)[C@H](CCCN=C(N)N)NC(C)=O)cc2)c2ccccc12. The largest absolute Gasteiger partial charge is 0.481 e. The van der Waals surface area contributed by atoms with Crippen LogP contribution in [0, 0.1) is 0 Å². The van der Waals surface area contributed by atoms with Gasteiger partial charge in [0, 0.05) is 19.5 Å². The van der Waals surface area contributed by atoms with Crippen molar-refractivity contribution in [2.24, 2.45) is 16.5 Å². The number of carbonyl (C=O) groups is 4. The summed E-state index contributed by atoms with van der Waals surface area (Å²) in [4.78, 5) is 52.5. The monoisotopic (exact) mass is 588 g/mol. The Morgan fingerprint density at radius 2 is 1.65 bits per heavy atom. The Labute approximate surface area is 249 Å². The summed E-state index contributed by atoms with van der Waals surface area (Å²) in [5, 5.41) is 19.3. The second-order valence-corrected chi connectivity index (χ2v) is 10.1. The van der Waals surface area contributed by atoms with Gasteiger partial charge in [-0.05, 0) is 47.1 Å². The summed E-state index contributed by atoms with van der Waals surface area (Å²) in [7, 11) is 1.89. The van der Waals surface area contributed by atoms with Gasteiger partial charge in [-0.3, -0.25) is 24.2 Å². The number of nitrogens with two attached hydrogens (primary N) is 2. The van der Waals surface area contributed by atoms with Gasteiger partial charge in [-0.25, -0.2) is 4.58 Å². The third-order valence-electron chi connectivity index (χ3n) is 6.71. The molecule has 0 radical (unpaired) electrons. The van der Waals surface area contributed by atoms with Gasteiger partial charge in [0.25, 0.3) is 0 Å². The van der Waals surface area contributed by atoms with Crippen LogP contribution in [0.25, 0.3) is 21.9 Å². The molecule has 3 rings (SSSR count). The van der Waals surface area contributed by atoms with Crippen LogP contribution >= 0.6 is 0 Å². The molecule has 43 heavy (non-hydrogen) atoms. The van der Waals surface area contributed by atoms with Crippen LogP contribution in [-0.4, -0.2) is 72.2 Å². The molecule has 12 heteroatoms. The van der Waals surface area contributed by atoms with Crippen LogP contribution in [0.2, 0.25) is 0 Å². The fourth-order valence-electron chi connectivity index (χ4n) is 4.74. The van der Waals surface area contributed by atoms with Crippen molar-refractivity contribution in [3.63, 3.8) is 0 Å². The fourth-order valence-corrected chi connectivity index (χ4v) is 4.74. The molecular weight excluding hydrogens is 550 g/mol. The van der Waals surface area contributed by atoms with Crippen molar-refractivity contribution in [2.45, 2.75) is 38.3 Å². The summed E-state index contributed by atoms with van der Waals surface area (Å²) in [5.41, 5.74) is 14.1. The molecule has 0 aliphatic heterocycles. The van der Waals surface area contributed by atoms with E-state index in [1.807, 2.05) is 60.2 Å². The van der Waals surface area contributed by atoms with Crippen molar-refractivity contribution >= 4 is 52.8 Å². The van der Waals surface area contributed by atoms with Gasteiger partial charge in [-0.2, -0.15) is 0 Å². The zero-order valence-corrected chi connectivity index (χ0v) is 24.3. The van der Waals surface area contributed by atoms with E-state index in [4.69, 9.17) is 11.5 Å². The molecule has 8 N–H and O–H groups in total. The number of aliphatic imine (C=N–C) groups is 1. The molecule has 3 aromatic rings. The van der Waals surface area contributed by atoms with Crippen molar-refractivity contribution < 1.29 is 28.9 Å². The van der Waals surface area contributed by atoms with E-state index in [2.05, 4.69) is 27.7 Å². The number of amides is 3. The zero-order chi connectivity index (χ0) is 31.5. The fraction of sp³-hybridized carbons (Fsp3) is 0.290. The molecule has 0 bridgehead atoms. The van der Waals surface area contributed by atoms with Crippen LogP contribution in [0.15, 0.2) is 65.7 Å². The second kappa shape index (κ2) is 15.1. The summed E-state index contributed by atoms with van der Waals surface area (Å²) in [6.45, 7) is 5.15. The molecule has 3 amide bonds. The maximum atomic E-state index is 12.8. The summed E-state index contributed by atoms with van der Waals surface area (Å²) in [5.74, 6) is -2.71. The number of hydrogen-bond donors (Lipinski definition) is 6. The maximum absolute atomic E-state index is 12.8. The van der Waals surface area contributed by atoms with Crippen molar-refractivity contribution in [3.8, 4) is 11.1 Å². The molecule has 0 heterocycles. The molecule has 0 aliphatic carbocycles. The Balaban J connectivity index is 1.71. The van der Waals surface area contributed by atoms with Gasteiger partial charge in [-0.1, -0.05) is 42.5 Å². The van der Waals surface area contributed by atoms with E-state index in [1.54, 1.807) is 12.1 Å². The van der Waals surface area contributed by atoms with Gasteiger partial charge in [0.15, 0.2) is 5.96 Å². The maximum Gasteiger partial charge on any atom is 0.305 e. The van der Waals surface area contributed by atoms with Gasteiger partial charge in [-0.15, -0.1) is 0 Å². The number of aliphatic carboxylic acids is 1. The number of carbonyl (C=O) groups excluding carboxylic acids is 3. The highest BCUT2D eigenvalue weighted by Crippen LogP contribution is 2.34. The number of benzene rings is 3. The third-order valence-corrected chi connectivity index (χ3v) is 6.71. The average molecular weight is 589 g/mol. The Morgan fingerprint density at radius 1 is 0.977 bits per heavy atom. The molecule has 0 saturated carbocycles. The molecule has 0 unspecified atom stereocenters. The van der Waals surface area contributed by atoms with E-state index < -0.39 is 42.3 Å². The Morgan fingerprint density at radius 3 is 2.26 bits per heavy atom. The molecule has 226 valence electrons. The van der Waals surface area contributed by atoms with Crippen molar-refractivity contribution in [2.75, 3.05) is 20.1 Å². The Kier molecular flexibility index (Phi) is 11.3. The van der Waals surface area contributed by atoms with Gasteiger partial charge in [0.1, 0.15) is 19.8 Å². The first-order valence-electron chi connectivity index (χ1n) is 13.7. The van der Waals surface area contributed by atoms with E-state index in [0.29, 0.717) is 12.0 Å². The third kappa shape index (κ3) is 9.38. The average Bonchev–Trinajstić information content (AvgIpc) is 2.96. The Hall–Kier alpha value is -5.26. The molecule has 12 nitrogen and oxygen atoms in total. The van der Waals surface area contributed by atoms with E-state index in [-0.39, 0.29) is 25.3 Å². The lowest BCUT2D eigenvalue weighted by Gasteiger charge is -2.20. The minimum atomic E-state index is -1.09. The number of fused-ring (bicyclic) bond motifs is 1. The molecular formula is C31H38N7O5+. The summed E-state index contributed by atoms with van der Waals surface area (Å²) < 4.78 is 1.81. The highest BCUT2D eigenvalue weighted by Gasteiger charge is 2.22. The Bertz CT molecular complexity index is 1530. The van der Waals surface area contributed by atoms with E-state index in [1.165, 1.54) is 6.92 Å². The number of carboxylic acids is 1. The lowest BCUT2D eigenvalue weighted by atomic mass is 9.95. The molecule has 0 spiro atoms. The second-order valence-electron chi connectivity index (χ2n) is 10.1. The molecule has 0 saturated heterocycles. The van der Waals surface area contributed by atoms with Gasteiger partial charge in [0.05, 0.1) is 24.4 Å². The normalized spacial score (nSPS) is 12.0. The molecule has 3 aromatic carbocycles. The number of nitrogens with zero attached hydrogens (tertiary/aromatic N) is 2. The lowest BCUT2D eigenvalue weighted by Crippen LogP contribution is -2.49. The summed E-state index contributed by atoms with van der Waals surface area (Å²) >= 11 is 0. The minimum Gasteiger partial charge on any atom is -0.481 e. The lowest BCUT2D eigenvalue weighted by molar-refractivity contribution is -0.392. The van der Waals surface area contributed by atoms with Crippen LogP contribution in [0.5, 0.6) is 0 Å². The van der Waals surface area contributed by atoms with Crippen molar-refractivity contribution in [1.29, 1.82) is 0 Å². The number of rotatable bonds is 14. The smallest absolute Gasteiger partial charge is 0.305 e. The van der Waals surface area contributed by atoms with Crippen LogP contribution in [0.1, 0.15) is 37.8 Å². The van der Waals surface area contributed by atoms with Crippen molar-refractivity contribution in [1.82, 2.24) is 16.0 Å². The number of nitrogens with one attached hydrogen (secondary N) is 3. The number of guanidine groups is 1. The summed E-state index contributed by atoms with van der Waals surface area (Å²) in [6, 6.07) is 17.6. The number of hydrogen-bond acceptors (Lipinski definition) is 5. The van der Waals surface area contributed by atoms with Gasteiger partial charge in [0.2, 0.25) is 23.4 Å². The number of carboxylic acid groups (broad SMARTS) is 1. The summed E-state index contributed by atoms with van der Waals surface area (Å²) in [6.07, 6.45) is 0.319. The quantitative estimate of drug-likeness (QED) is 0.0715. The zero-order valence-electron chi connectivity index (χ0n) is 24.3. The molecule has 0 fully saturated rings. The van der Waals surface area contributed by atoms with Crippen LogP contribution in [-0.2, 0) is 19.2 Å². The topological polar surface area (TPSA) is 192 Å². The highest BCUT2D eigenvalue weighted by molar-refractivity contribution is 6.01. The first-order chi connectivity index (χ1) is 20.5. The molecule has 0 aromatic heterocycles. The first kappa shape index (κ1) is 32.3.